The zero-order valence-corrected chi connectivity index (χ0v) is 24.4. The van der Waals surface area contributed by atoms with E-state index in [1.807, 2.05) is 20.8 Å². The zero-order valence-electron chi connectivity index (χ0n) is 22.9. The lowest BCUT2D eigenvalue weighted by molar-refractivity contribution is 0.0964. The SMILES string of the molecule is C=C/N=C1/C=NC(N2CCCC2)=N/C1=C(/N)Nc1cc(Cl)cc(C(=O)N/C(=C/C(=N\C)C(C)(C)C)NC)c1Cl. The second kappa shape index (κ2) is 12.9. The van der Waals surface area contributed by atoms with Gasteiger partial charge < -0.3 is 26.6 Å². The molecule has 5 N–H and O–H groups in total. The molecule has 0 unspecified atom stereocenters. The number of guanidine groups is 1. The Morgan fingerprint density at radius 2 is 1.92 bits per heavy atom. The van der Waals surface area contributed by atoms with Crippen LogP contribution in [0.4, 0.5) is 5.69 Å². The molecular formula is C27H35Cl2N9O. The van der Waals surface area contributed by atoms with Gasteiger partial charge in [-0.3, -0.25) is 14.8 Å². The highest BCUT2D eigenvalue weighted by Crippen LogP contribution is 2.31. The van der Waals surface area contributed by atoms with Crippen molar-refractivity contribution in [3.05, 3.63) is 63.9 Å². The van der Waals surface area contributed by atoms with Crippen LogP contribution >= 0.6 is 23.2 Å². The smallest absolute Gasteiger partial charge is 0.258 e. The normalized spacial score (nSPS) is 18.7. The lowest BCUT2D eigenvalue weighted by Crippen LogP contribution is -2.32. The first kappa shape index (κ1) is 29.9. The minimum atomic E-state index is -0.463. The third-order valence-corrected chi connectivity index (χ3v) is 6.62. The fourth-order valence-corrected chi connectivity index (χ4v) is 4.45. The lowest BCUT2D eigenvalue weighted by Gasteiger charge is -2.21. The van der Waals surface area contributed by atoms with Crippen LogP contribution in [0, 0.1) is 5.41 Å². The van der Waals surface area contributed by atoms with Gasteiger partial charge in [-0.05, 0) is 25.0 Å². The van der Waals surface area contributed by atoms with Crippen molar-refractivity contribution >= 4 is 58.4 Å². The number of nitrogens with zero attached hydrogens (tertiary/aromatic N) is 5. The van der Waals surface area contributed by atoms with Gasteiger partial charge in [-0.1, -0.05) is 50.6 Å². The van der Waals surface area contributed by atoms with Gasteiger partial charge >= 0.3 is 0 Å². The average Bonchev–Trinajstić information content (AvgIpc) is 3.43. The monoisotopic (exact) mass is 571 g/mol. The number of nitrogens with one attached hydrogen (secondary N) is 3. The molecule has 0 saturated carbocycles. The summed E-state index contributed by atoms with van der Waals surface area (Å²) >= 11 is 13.1. The first-order valence-corrected chi connectivity index (χ1v) is 13.2. The maximum absolute atomic E-state index is 13.3. The van der Waals surface area contributed by atoms with E-state index < -0.39 is 5.91 Å². The second-order valence-electron chi connectivity index (χ2n) is 9.88. The molecule has 12 heteroatoms. The molecule has 2 aliphatic heterocycles. The molecule has 10 nitrogen and oxygen atoms in total. The molecule has 39 heavy (non-hydrogen) atoms. The highest BCUT2D eigenvalue weighted by Gasteiger charge is 2.23. The van der Waals surface area contributed by atoms with Crippen molar-refractivity contribution in [1.29, 1.82) is 0 Å². The van der Waals surface area contributed by atoms with Crippen molar-refractivity contribution in [3.8, 4) is 0 Å². The number of amides is 1. The summed E-state index contributed by atoms with van der Waals surface area (Å²) in [6, 6.07) is 3.07. The van der Waals surface area contributed by atoms with Crippen LogP contribution in [0.5, 0.6) is 0 Å². The quantitative estimate of drug-likeness (QED) is 0.356. The number of carbonyl (C=O) groups excluding carboxylic acids is 1. The van der Waals surface area contributed by atoms with Crippen LogP contribution in [0.15, 0.2) is 68.3 Å². The van der Waals surface area contributed by atoms with E-state index in [1.165, 1.54) is 12.3 Å². The van der Waals surface area contributed by atoms with Crippen LogP contribution < -0.4 is 21.7 Å². The Hall–Kier alpha value is -3.63. The summed E-state index contributed by atoms with van der Waals surface area (Å²) in [5.74, 6) is 0.718. The molecule has 1 amide bonds. The summed E-state index contributed by atoms with van der Waals surface area (Å²) in [6.45, 7) is 11.5. The fraction of sp³-hybridized carbons (Fsp3) is 0.370. The largest absolute Gasteiger partial charge is 0.383 e. The molecule has 0 aromatic heterocycles. The molecule has 0 bridgehead atoms. The van der Waals surface area contributed by atoms with Gasteiger partial charge in [0.05, 0.1) is 22.5 Å². The summed E-state index contributed by atoms with van der Waals surface area (Å²) in [5.41, 5.74) is 8.33. The predicted octanol–water partition coefficient (Wildman–Crippen LogP) is 4.56. The number of anilines is 1. The minimum Gasteiger partial charge on any atom is -0.383 e. The summed E-state index contributed by atoms with van der Waals surface area (Å²) in [7, 11) is 3.41. The van der Waals surface area contributed by atoms with Crippen LogP contribution in [-0.2, 0) is 0 Å². The molecule has 0 radical (unpaired) electrons. The van der Waals surface area contributed by atoms with Crippen molar-refractivity contribution in [2.75, 3.05) is 32.5 Å². The first-order valence-electron chi connectivity index (χ1n) is 12.5. The van der Waals surface area contributed by atoms with Gasteiger partial charge in [-0.25, -0.2) is 9.98 Å². The van der Waals surface area contributed by atoms with Crippen LogP contribution in [0.25, 0.3) is 0 Å². The number of nitrogens with two attached hydrogens (primary N) is 1. The Kier molecular flexibility index (Phi) is 9.93. The van der Waals surface area contributed by atoms with Crippen LogP contribution in [0.1, 0.15) is 44.0 Å². The Morgan fingerprint density at radius 1 is 1.23 bits per heavy atom. The van der Waals surface area contributed by atoms with Gasteiger partial charge in [0.15, 0.2) is 0 Å². The maximum atomic E-state index is 13.3. The van der Waals surface area contributed by atoms with Gasteiger partial charge in [-0.2, -0.15) is 0 Å². The number of allylic oxidation sites excluding steroid dienone is 2. The van der Waals surface area contributed by atoms with E-state index in [0.29, 0.717) is 28.9 Å². The maximum Gasteiger partial charge on any atom is 0.258 e. The number of benzene rings is 1. The Balaban J connectivity index is 1.95. The minimum absolute atomic E-state index is 0.131. The highest BCUT2D eigenvalue weighted by molar-refractivity contribution is 6.41. The lowest BCUT2D eigenvalue weighted by atomic mass is 9.89. The summed E-state index contributed by atoms with van der Waals surface area (Å²) in [5, 5.41) is 9.29. The molecule has 208 valence electrons. The predicted molar refractivity (Wildman–Crippen MR) is 163 cm³/mol. The third kappa shape index (κ3) is 7.48. The van der Waals surface area contributed by atoms with Crippen LogP contribution in [0.2, 0.25) is 10.0 Å². The molecule has 3 rings (SSSR count). The molecule has 1 aromatic carbocycles. The van der Waals surface area contributed by atoms with Crippen molar-refractivity contribution in [3.63, 3.8) is 0 Å². The Bertz CT molecular complexity index is 1310. The third-order valence-electron chi connectivity index (χ3n) is 5.99. The van der Waals surface area contributed by atoms with Crippen molar-refractivity contribution in [2.45, 2.75) is 33.6 Å². The average molecular weight is 573 g/mol. The molecule has 0 spiro atoms. The van der Waals surface area contributed by atoms with E-state index in [2.05, 4.69) is 47.4 Å². The molecule has 2 heterocycles. The van der Waals surface area contributed by atoms with E-state index >= 15 is 0 Å². The molecule has 1 fully saturated rings. The van der Waals surface area contributed by atoms with E-state index in [0.717, 1.165) is 31.6 Å². The fourth-order valence-electron chi connectivity index (χ4n) is 3.99. The number of carbonyl (C=O) groups is 1. The molecule has 2 aliphatic rings. The molecule has 1 saturated heterocycles. The Labute approximate surface area is 239 Å². The second-order valence-corrected chi connectivity index (χ2v) is 10.7. The van der Waals surface area contributed by atoms with E-state index in [9.17, 15) is 4.79 Å². The van der Waals surface area contributed by atoms with Gasteiger partial charge in [-0.15, -0.1) is 0 Å². The standard InChI is InChI=1S/C27H35Cl2N9O/c1-7-33-19-15-34-26(38-10-8-9-11-38)37-23(19)24(30)35-18-13-16(28)12-17(22(18)29)25(39)36-21(32-6)14-20(31-5)27(2,3)4/h7,12-15,32,35H,1,8-11,30H2,2-6H3,(H,36,39)/b21-14+,24-23-,31-20+,33-19-. The van der Waals surface area contributed by atoms with Crippen molar-refractivity contribution in [2.24, 2.45) is 31.1 Å². The van der Waals surface area contributed by atoms with Gasteiger partial charge in [0.1, 0.15) is 23.1 Å². The molecule has 1 aromatic rings. The summed E-state index contributed by atoms with van der Waals surface area (Å²) in [6.07, 6.45) is 6.91. The number of hydrogen-bond donors (Lipinski definition) is 4. The summed E-state index contributed by atoms with van der Waals surface area (Å²) in [4.78, 5) is 33.0. The number of aliphatic imine (C=N–C) groups is 4. The summed E-state index contributed by atoms with van der Waals surface area (Å²) < 4.78 is 0. The molecule has 0 aliphatic carbocycles. The first-order chi connectivity index (χ1) is 18.5. The van der Waals surface area contributed by atoms with Crippen molar-refractivity contribution < 1.29 is 4.79 Å². The molecular weight excluding hydrogens is 537 g/mol. The van der Waals surface area contributed by atoms with Crippen LogP contribution in [0.3, 0.4) is 0 Å². The van der Waals surface area contributed by atoms with Gasteiger partial charge in [0, 0.05) is 55.6 Å². The zero-order chi connectivity index (χ0) is 28.7. The van der Waals surface area contributed by atoms with Gasteiger partial charge in [0.2, 0.25) is 5.96 Å². The van der Waals surface area contributed by atoms with Gasteiger partial charge in [0.25, 0.3) is 5.91 Å². The highest BCUT2D eigenvalue weighted by atomic mass is 35.5. The van der Waals surface area contributed by atoms with E-state index in [4.69, 9.17) is 28.9 Å². The Morgan fingerprint density at radius 3 is 2.51 bits per heavy atom. The van der Waals surface area contributed by atoms with E-state index in [-0.39, 0.29) is 26.8 Å². The number of rotatable bonds is 7. The number of likely N-dealkylation sites (tertiary alicyclic amines) is 1. The van der Waals surface area contributed by atoms with Crippen LogP contribution in [-0.4, -0.2) is 61.6 Å². The number of hydrogen-bond acceptors (Lipinski definition) is 9. The van der Waals surface area contributed by atoms with Crippen molar-refractivity contribution in [1.82, 2.24) is 15.5 Å². The molecule has 0 atom stereocenters. The number of halogens is 2. The topological polar surface area (TPSA) is 132 Å². The van der Waals surface area contributed by atoms with E-state index in [1.54, 1.807) is 32.5 Å².